The maximum Gasteiger partial charge on any atom is 0.198 e. The molecule has 4 N–H and O–H groups in total. The Morgan fingerprint density at radius 3 is 2.12 bits per heavy atom. The highest BCUT2D eigenvalue weighted by Gasteiger charge is 2.34. The van der Waals surface area contributed by atoms with Gasteiger partial charge in [-0.3, -0.25) is 9.59 Å². The lowest BCUT2D eigenvalue weighted by molar-refractivity contribution is 0.0977. The Labute approximate surface area is 153 Å². The second-order valence-electron chi connectivity index (χ2n) is 5.86. The van der Waals surface area contributed by atoms with Gasteiger partial charge in [-0.1, -0.05) is 42.1 Å². The van der Waals surface area contributed by atoms with E-state index in [-0.39, 0.29) is 45.2 Å². The van der Waals surface area contributed by atoms with Gasteiger partial charge in [-0.05, 0) is 24.3 Å². The normalized spacial score (nSPS) is 12.6. The number of benzene rings is 3. The van der Waals surface area contributed by atoms with Crippen LogP contribution < -0.4 is 5.73 Å². The van der Waals surface area contributed by atoms with Gasteiger partial charge in [0.2, 0.25) is 0 Å². The predicted molar refractivity (Wildman–Crippen MR) is 98.1 cm³/mol. The highest BCUT2D eigenvalue weighted by atomic mass is 32.2. The van der Waals surface area contributed by atoms with E-state index in [0.717, 1.165) is 0 Å². The van der Waals surface area contributed by atoms with Crippen LogP contribution in [0.5, 0.6) is 11.5 Å². The van der Waals surface area contributed by atoms with Crippen LogP contribution in [0.1, 0.15) is 31.8 Å². The number of rotatable bonds is 2. The van der Waals surface area contributed by atoms with Crippen molar-refractivity contribution in [2.75, 3.05) is 5.73 Å². The van der Waals surface area contributed by atoms with Crippen molar-refractivity contribution >= 4 is 29.0 Å². The summed E-state index contributed by atoms with van der Waals surface area (Å²) in [4.78, 5) is 26.7. The van der Waals surface area contributed by atoms with Crippen LogP contribution in [0.4, 0.5) is 5.69 Å². The fraction of sp³-hybridized carbons (Fsp3) is 0. The quantitative estimate of drug-likeness (QED) is 0.372. The minimum Gasteiger partial charge on any atom is -0.508 e. The molecule has 0 radical (unpaired) electrons. The van der Waals surface area contributed by atoms with E-state index in [9.17, 15) is 19.8 Å². The number of fused-ring (bicyclic) bond motifs is 2. The lowest BCUT2D eigenvalue weighted by atomic mass is 9.83. The minimum atomic E-state index is -0.423. The molecular formula is C20H13NO4S. The molecule has 0 bridgehead atoms. The zero-order chi connectivity index (χ0) is 18.4. The first-order chi connectivity index (χ1) is 12.5. The molecule has 5 nitrogen and oxygen atoms in total. The number of anilines is 1. The summed E-state index contributed by atoms with van der Waals surface area (Å²) in [5, 5.41) is 20.0. The van der Waals surface area contributed by atoms with E-state index in [1.807, 2.05) is 0 Å². The van der Waals surface area contributed by atoms with Crippen molar-refractivity contribution in [3.8, 4) is 11.5 Å². The molecule has 0 heterocycles. The fourth-order valence-electron chi connectivity index (χ4n) is 3.03. The van der Waals surface area contributed by atoms with E-state index in [4.69, 9.17) is 5.73 Å². The standard InChI is InChI=1S/C20H13NO4S/c21-18-15(26-11-5-3-4-10(22)8-11)9-14(23)16-17(18)20(25)13-7-2-1-6-12(13)19(16)24/h1-9,22-23H,21H2. The van der Waals surface area contributed by atoms with Crippen molar-refractivity contribution in [1.29, 1.82) is 0 Å². The van der Waals surface area contributed by atoms with Crippen LogP contribution >= 0.6 is 11.8 Å². The van der Waals surface area contributed by atoms with Crippen LogP contribution in [0, 0.1) is 0 Å². The summed E-state index contributed by atoms with van der Waals surface area (Å²) in [6, 6.07) is 14.4. The third kappa shape index (κ3) is 2.43. The molecule has 0 spiro atoms. The molecule has 1 aliphatic carbocycles. The van der Waals surface area contributed by atoms with Crippen LogP contribution in [-0.2, 0) is 0 Å². The lowest BCUT2D eigenvalue weighted by Gasteiger charge is -2.21. The number of nitrogens with two attached hydrogens (primary N) is 1. The molecule has 0 aromatic heterocycles. The first kappa shape index (κ1) is 16.2. The Kier molecular flexibility index (Phi) is 3.70. The summed E-state index contributed by atoms with van der Waals surface area (Å²) in [7, 11) is 0. The van der Waals surface area contributed by atoms with Crippen LogP contribution in [0.2, 0.25) is 0 Å². The van der Waals surface area contributed by atoms with Crippen LogP contribution in [0.3, 0.4) is 0 Å². The average Bonchev–Trinajstić information content (AvgIpc) is 2.62. The third-order valence-electron chi connectivity index (χ3n) is 4.22. The SMILES string of the molecule is Nc1c(Sc2cccc(O)c2)cc(O)c2c1C(=O)c1ccccc1C2=O. The molecule has 0 fully saturated rings. The molecule has 0 aliphatic heterocycles. The Morgan fingerprint density at radius 1 is 0.808 bits per heavy atom. The van der Waals surface area contributed by atoms with Gasteiger partial charge in [-0.2, -0.15) is 0 Å². The summed E-state index contributed by atoms with van der Waals surface area (Å²) >= 11 is 1.19. The van der Waals surface area contributed by atoms with E-state index in [1.165, 1.54) is 23.9 Å². The number of carbonyl (C=O) groups is 2. The van der Waals surface area contributed by atoms with Gasteiger partial charge >= 0.3 is 0 Å². The molecule has 4 rings (SSSR count). The number of hydrogen-bond donors (Lipinski definition) is 3. The Morgan fingerprint density at radius 2 is 1.46 bits per heavy atom. The van der Waals surface area contributed by atoms with Gasteiger partial charge in [0.1, 0.15) is 11.5 Å². The van der Waals surface area contributed by atoms with Crippen LogP contribution in [0.25, 0.3) is 0 Å². The molecule has 0 saturated heterocycles. The third-order valence-corrected chi connectivity index (χ3v) is 5.27. The predicted octanol–water partition coefficient (Wildman–Crippen LogP) is 3.61. The highest BCUT2D eigenvalue weighted by molar-refractivity contribution is 7.99. The molecule has 3 aromatic carbocycles. The van der Waals surface area contributed by atoms with Crippen molar-refractivity contribution in [3.05, 3.63) is 76.9 Å². The van der Waals surface area contributed by atoms with E-state index >= 15 is 0 Å². The zero-order valence-corrected chi connectivity index (χ0v) is 14.2. The number of carbonyl (C=O) groups excluding carboxylic acids is 2. The second kappa shape index (κ2) is 5.93. The summed E-state index contributed by atoms with van der Waals surface area (Å²) in [6.07, 6.45) is 0. The number of nitrogen functional groups attached to an aromatic ring is 1. The second-order valence-corrected chi connectivity index (χ2v) is 6.98. The van der Waals surface area contributed by atoms with Gasteiger partial charge in [-0.25, -0.2) is 0 Å². The van der Waals surface area contributed by atoms with Gasteiger partial charge in [0, 0.05) is 20.9 Å². The number of aromatic hydroxyl groups is 2. The topological polar surface area (TPSA) is 101 Å². The van der Waals surface area contributed by atoms with E-state index in [2.05, 4.69) is 0 Å². The average molecular weight is 363 g/mol. The Bertz CT molecular complexity index is 1090. The summed E-state index contributed by atoms with van der Waals surface area (Å²) in [5.41, 5.74) is 6.83. The minimum absolute atomic E-state index is 0.0244. The van der Waals surface area contributed by atoms with E-state index < -0.39 is 5.78 Å². The molecule has 3 aromatic rings. The maximum atomic E-state index is 12.9. The molecule has 1 aliphatic rings. The van der Waals surface area contributed by atoms with Gasteiger partial charge < -0.3 is 15.9 Å². The zero-order valence-electron chi connectivity index (χ0n) is 13.4. The Balaban J connectivity index is 1.88. The highest BCUT2D eigenvalue weighted by Crippen LogP contribution is 2.43. The van der Waals surface area contributed by atoms with Crippen molar-refractivity contribution in [1.82, 2.24) is 0 Å². The molecule has 0 saturated carbocycles. The number of phenolic OH excluding ortho intramolecular Hbond substituents is 2. The smallest absolute Gasteiger partial charge is 0.198 e. The molecule has 0 unspecified atom stereocenters. The van der Waals surface area contributed by atoms with Gasteiger partial charge in [0.15, 0.2) is 11.6 Å². The number of phenols is 2. The van der Waals surface area contributed by atoms with Crippen molar-refractivity contribution in [3.63, 3.8) is 0 Å². The monoisotopic (exact) mass is 363 g/mol. The Hall–Kier alpha value is -3.25. The summed E-state index contributed by atoms with van der Waals surface area (Å²) in [6.45, 7) is 0. The summed E-state index contributed by atoms with van der Waals surface area (Å²) < 4.78 is 0. The van der Waals surface area contributed by atoms with Gasteiger partial charge in [0.25, 0.3) is 0 Å². The van der Waals surface area contributed by atoms with E-state index in [1.54, 1.807) is 42.5 Å². The first-order valence-electron chi connectivity index (χ1n) is 7.78. The number of hydrogen-bond acceptors (Lipinski definition) is 6. The van der Waals surface area contributed by atoms with Gasteiger partial charge in [0.05, 0.1) is 16.8 Å². The molecule has 0 amide bonds. The maximum absolute atomic E-state index is 12.9. The van der Waals surface area contributed by atoms with Crippen molar-refractivity contribution in [2.45, 2.75) is 9.79 Å². The fourth-order valence-corrected chi connectivity index (χ4v) is 4.00. The van der Waals surface area contributed by atoms with Crippen molar-refractivity contribution in [2.24, 2.45) is 0 Å². The first-order valence-corrected chi connectivity index (χ1v) is 8.59. The molecule has 0 atom stereocenters. The van der Waals surface area contributed by atoms with E-state index in [0.29, 0.717) is 9.79 Å². The van der Waals surface area contributed by atoms with Crippen LogP contribution in [-0.4, -0.2) is 21.8 Å². The summed E-state index contributed by atoms with van der Waals surface area (Å²) in [5.74, 6) is -1.00. The lowest BCUT2D eigenvalue weighted by Crippen LogP contribution is -2.22. The van der Waals surface area contributed by atoms with Gasteiger partial charge in [-0.15, -0.1) is 0 Å². The van der Waals surface area contributed by atoms with Crippen LogP contribution in [0.15, 0.2) is 64.4 Å². The number of ketones is 2. The largest absolute Gasteiger partial charge is 0.508 e. The molecule has 26 heavy (non-hydrogen) atoms. The van der Waals surface area contributed by atoms with Crippen molar-refractivity contribution < 1.29 is 19.8 Å². The molecule has 128 valence electrons. The molecular weight excluding hydrogens is 350 g/mol. The molecule has 6 heteroatoms.